The van der Waals surface area contributed by atoms with Crippen LogP contribution in [0.5, 0.6) is 5.75 Å². The number of benzene rings is 1. The highest BCUT2D eigenvalue weighted by atomic mass is 32.2. The summed E-state index contributed by atoms with van der Waals surface area (Å²) in [6.07, 6.45) is 2.42. The number of sulfone groups is 1. The van der Waals surface area contributed by atoms with Gasteiger partial charge < -0.3 is 19.2 Å². The van der Waals surface area contributed by atoms with Gasteiger partial charge in [-0.15, -0.1) is 0 Å². The Bertz CT molecular complexity index is 1010. The van der Waals surface area contributed by atoms with Crippen LogP contribution >= 0.6 is 0 Å². The number of furan rings is 1. The smallest absolute Gasteiger partial charge is 0.310 e. The molecule has 2 aromatic rings. The van der Waals surface area contributed by atoms with Gasteiger partial charge in [0.2, 0.25) is 0 Å². The summed E-state index contributed by atoms with van der Waals surface area (Å²) < 4.78 is 34.1. The Labute approximate surface area is 169 Å². The summed E-state index contributed by atoms with van der Waals surface area (Å²) in [6.45, 7) is 3.34. The number of hydrogen-bond donors (Lipinski definition) is 1. The van der Waals surface area contributed by atoms with Crippen LogP contribution < -0.4 is 0 Å². The highest BCUT2D eigenvalue weighted by molar-refractivity contribution is 7.91. The Balaban J connectivity index is 1.62. The Morgan fingerprint density at radius 1 is 1.38 bits per heavy atom. The molecule has 0 radical (unpaired) electrons. The van der Waals surface area contributed by atoms with Crippen molar-refractivity contribution in [3.8, 4) is 5.75 Å². The van der Waals surface area contributed by atoms with Crippen LogP contribution in [0.15, 0.2) is 28.9 Å². The molecule has 0 spiro atoms. The molecule has 1 aliphatic rings. The van der Waals surface area contributed by atoms with Crippen molar-refractivity contribution < 1.29 is 32.3 Å². The van der Waals surface area contributed by atoms with E-state index in [1.165, 1.54) is 18.4 Å². The number of amides is 1. The number of phenolic OH excluding ortho intramolecular Hbond substituents is 1. The van der Waals surface area contributed by atoms with E-state index in [1.54, 1.807) is 11.0 Å². The normalized spacial score (nSPS) is 19.2. The van der Waals surface area contributed by atoms with E-state index in [9.17, 15) is 23.1 Å². The molecule has 2 heterocycles. The maximum absolute atomic E-state index is 12.7. The van der Waals surface area contributed by atoms with Gasteiger partial charge in [0.05, 0.1) is 24.2 Å². The number of aromatic hydroxyl groups is 1. The quantitative estimate of drug-likeness (QED) is 0.678. The number of hydrogen-bond acceptors (Lipinski definition) is 7. The number of carbonyl (C=O) groups is 2. The molecule has 9 heteroatoms. The van der Waals surface area contributed by atoms with E-state index in [1.807, 2.05) is 13.8 Å². The van der Waals surface area contributed by atoms with Crippen molar-refractivity contribution in [2.75, 3.05) is 18.1 Å². The van der Waals surface area contributed by atoms with E-state index in [4.69, 9.17) is 9.15 Å². The van der Waals surface area contributed by atoms with Gasteiger partial charge in [0.15, 0.2) is 16.4 Å². The van der Waals surface area contributed by atoms with Crippen molar-refractivity contribution >= 4 is 32.7 Å². The molecule has 1 aromatic heterocycles. The van der Waals surface area contributed by atoms with Crippen molar-refractivity contribution in [1.29, 1.82) is 0 Å². The van der Waals surface area contributed by atoms with Gasteiger partial charge in [-0.05, 0) is 31.9 Å². The van der Waals surface area contributed by atoms with Gasteiger partial charge in [-0.25, -0.2) is 8.42 Å². The molecule has 1 saturated heterocycles. The zero-order valence-electron chi connectivity index (χ0n) is 16.5. The fourth-order valence-electron chi connectivity index (χ4n) is 3.63. The summed E-state index contributed by atoms with van der Waals surface area (Å²) in [5.41, 5.74) is 1.05. The fraction of sp³-hybridized carbons (Fsp3) is 0.500. The van der Waals surface area contributed by atoms with Gasteiger partial charge in [0.25, 0.3) is 5.91 Å². The summed E-state index contributed by atoms with van der Waals surface area (Å²) in [5.74, 6) is -0.897. The van der Waals surface area contributed by atoms with Crippen LogP contribution in [-0.4, -0.2) is 60.5 Å². The van der Waals surface area contributed by atoms with Gasteiger partial charge >= 0.3 is 5.97 Å². The van der Waals surface area contributed by atoms with Crippen LogP contribution in [0.2, 0.25) is 0 Å². The Morgan fingerprint density at radius 2 is 2.14 bits per heavy atom. The third-order valence-electron chi connectivity index (χ3n) is 5.29. The van der Waals surface area contributed by atoms with Gasteiger partial charge in [0.1, 0.15) is 11.3 Å². The maximum Gasteiger partial charge on any atom is 0.310 e. The first-order valence-corrected chi connectivity index (χ1v) is 11.4. The van der Waals surface area contributed by atoms with E-state index >= 15 is 0 Å². The molecule has 0 saturated carbocycles. The molecule has 1 aliphatic heterocycles. The molecule has 0 unspecified atom stereocenters. The standard InChI is InChI=1S/C20H25NO7S/c1-3-13(2)21(15-6-7-29(25,26)12-15)19(23)11-28-20(24)8-14-10-27-18-9-16(22)4-5-17(14)18/h4-5,9-10,13,15,22H,3,6-8,11-12H2,1-2H3/t13-,15-/m0/s1. The van der Waals surface area contributed by atoms with Crippen molar-refractivity contribution in [3.05, 3.63) is 30.0 Å². The maximum atomic E-state index is 12.7. The predicted octanol–water partition coefficient (Wildman–Crippen LogP) is 2.04. The molecule has 2 atom stereocenters. The second kappa shape index (κ2) is 8.44. The molecule has 1 N–H and O–H groups in total. The summed E-state index contributed by atoms with van der Waals surface area (Å²) in [5, 5.41) is 10.2. The van der Waals surface area contributed by atoms with Crippen LogP contribution in [0.1, 0.15) is 32.3 Å². The molecular formula is C20H25NO7S. The lowest BCUT2D eigenvalue weighted by Crippen LogP contribution is -2.48. The number of ether oxygens (including phenoxy) is 1. The highest BCUT2D eigenvalue weighted by Crippen LogP contribution is 2.26. The third kappa shape index (κ3) is 4.90. The monoisotopic (exact) mass is 423 g/mol. The number of fused-ring (bicyclic) bond motifs is 1. The number of phenols is 1. The minimum absolute atomic E-state index is 0.0507. The minimum Gasteiger partial charge on any atom is -0.508 e. The Hall–Kier alpha value is -2.55. The van der Waals surface area contributed by atoms with Crippen LogP contribution in [0.3, 0.4) is 0 Å². The van der Waals surface area contributed by atoms with E-state index in [-0.39, 0.29) is 35.8 Å². The SMILES string of the molecule is CC[C@H](C)N(C(=O)COC(=O)Cc1coc2cc(O)ccc12)[C@H]1CCS(=O)(=O)C1. The van der Waals surface area contributed by atoms with Crippen LogP contribution in [0.4, 0.5) is 0 Å². The van der Waals surface area contributed by atoms with Gasteiger partial charge in [-0.2, -0.15) is 0 Å². The first-order chi connectivity index (χ1) is 13.7. The lowest BCUT2D eigenvalue weighted by Gasteiger charge is -2.33. The number of carbonyl (C=O) groups excluding carboxylic acids is 2. The first-order valence-electron chi connectivity index (χ1n) is 9.56. The van der Waals surface area contributed by atoms with Gasteiger partial charge in [-0.3, -0.25) is 9.59 Å². The van der Waals surface area contributed by atoms with Crippen molar-refractivity contribution in [3.63, 3.8) is 0 Å². The molecule has 3 rings (SSSR count). The second-order valence-electron chi connectivity index (χ2n) is 7.39. The Kier molecular flexibility index (Phi) is 6.16. The summed E-state index contributed by atoms with van der Waals surface area (Å²) in [7, 11) is -3.14. The van der Waals surface area contributed by atoms with E-state index in [0.29, 0.717) is 29.4 Å². The molecule has 1 amide bonds. The molecule has 0 bridgehead atoms. The zero-order chi connectivity index (χ0) is 21.2. The third-order valence-corrected chi connectivity index (χ3v) is 7.04. The van der Waals surface area contributed by atoms with Gasteiger partial charge in [0, 0.05) is 29.1 Å². The van der Waals surface area contributed by atoms with Crippen LogP contribution in [0, 0.1) is 0 Å². The molecule has 8 nitrogen and oxygen atoms in total. The average Bonchev–Trinajstić information content (AvgIpc) is 3.22. The van der Waals surface area contributed by atoms with Crippen LogP contribution in [0.25, 0.3) is 11.0 Å². The second-order valence-corrected chi connectivity index (χ2v) is 9.62. The molecule has 29 heavy (non-hydrogen) atoms. The highest BCUT2D eigenvalue weighted by Gasteiger charge is 2.36. The fourth-order valence-corrected chi connectivity index (χ4v) is 5.34. The lowest BCUT2D eigenvalue weighted by atomic mass is 10.1. The van der Waals surface area contributed by atoms with E-state index in [2.05, 4.69) is 0 Å². The molecule has 1 aromatic carbocycles. The Morgan fingerprint density at radius 3 is 2.79 bits per heavy atom. The number of rotatable bonds is 7. The zero-order valence-corrected chi connectivity index (χ0v) is 17.3. The van der Waals surface area contributed by atoms with Crippen molar-refractivity contribution in [1.82, 2.24) is 4.90 Å². The summed E-state index contributed by atoms with van der Waals surface area (Å²) >= 11 is 0. The summed E-state index contributed by atoms with van der Waals surface area (Å²) in [6, 6.07) is 4.06. The molecule has 158 valence electrons. The number of esters is 1. The van der Waals surface area contributed by atoms with Gasteiger partial charge in [-0.1, -0.05) is 6.92 Å². The van der Waals surface area contributed by atoms with Crippen molar-refractivity contribution in [2.45, 2.75) is 45.2 Å². The minimum atomic E-state index is -3.14. The average molecular weight is 423 g/mol. The lowest BCUT2D eigenvalue weighted by molar-refractivity contribution is -0.153. The number of nitrogens with zero attached hydrogens (tertiary/aromatic N) is 1. The topological polar surface area (TPSA) is 114 Å². The molecule has 0 aliphatic carbocycles. The predicted molar refractivity (Wildman–Crippen MR) is 106 cm³/mol. The van der Waals surface area contributed by atoms with E-state index in [0.717, 1.165) is 0 Å². The molecule has 1 fully saturated rings. The molecular weight excluding hydrogens is 398 g/mol. The van der Waals surface area contributed by atoms with E-state index < -0.39 is 28.3 Å². The van der Waals surface area contributed by atoms with Crippen LogP contribution in [-0.2, 0) is 30.6 Å². The van der Waals surface area contributed by atoms with Crippen molar-refractivity contribution in [2.24, 2.45) is 0 Å². The largest absolute Gasteiger partial charge is 0.508 e. The summed E-state index contributed by atoms with van der Waals surface area (Å²) in [4.78, 5) is 26.5. The first kappa shape index (κ1) is 21.2.